The number of hydrogen-bond acceptors (Lipinski definition) is 2. The molecule has 0 saturated carbocycles. The van der Waals surface area contributed by atoms with E-state index in [1.54, 1.807) is 0 Å². The fourth-order valence-electron chi connectivity index (χ4n) is 6.60. The van der Waals surface area contributed by atoms with Crippen molar-refractivity contribution in [3.63, 3.8) is 0 Å². The minimum atomic E-state index is -0.404. The van der Waals surface area contributed by atoms with Crippen LogP contribution in [0.1, 0.15) is 17.3 Å². The van der Waals surface area contributed by atoms with Gasteiger partial charge in [-0.15, -0.1) is 0 Å². The van der Waals surface area contributed by atoms with Gasteiger partial charge < -0.3 is 14.9 Å². The van der Waals surface area contributed by atoms with Gasteiger partial charge in [0.25, 0.3) is 0 Å². The molecule has 8 aromatic rings. The summed E-state index contributed by atoms with van der Waals surface area (Å²) >= 11 is 0. The van der Waals surface area contributed by atoms with Crippen molar-refractivity contribution in [1.82, 2.24) is 9.13 Å². The van der Waals surface area contributed by atoms with Crippen LogP contribution in [0.2, 0.25) is 0 Å². The molecule has 0 bridgehead atoms. The highest BCUT2D eigenvalue weighted by molar-refractivity contribution is 6.30. The predicted octanol–water partition coefficient (Wildman–Crippen LogP) is 9.63. The summed E-state index contributed by atoms with van der Waals surface area (Å²) in [6.07, 6.45) is -0.404. The van der Waals surface area contributed by atoms with Gasteiger partial charge in [0.2, 0.25) is 0 Å². The molecule has 2 aromatic heterocycles. The molecule has 208 valence electrons. The second kappa shape index (κ2) is 9.82. The first-order valence-corrected chi connectivity index (χ1v) is 14.8. The van der Waals surface area contributed by atoms with Crippen molar-refractivity contribution in [2.75, 3.05) is 0 Å². The van der Waals surface area contributed by atoms with Crippen molar-refractivity contribution >= 4 is 55.4 Å². The molecule has 1 atom stereocenters. The lowest BCUT2D eigenvalue weighted by Gasteiger charge is -2.32. The first-order valence-electron chi connectivity index (χ1n) is 14.8. The molecule has 3 heterocycles. The molecule has 9 rings (SSSR count). The molecular formula is C39H26N5-. The second-order valence-electron chi connectivity index (χ2n) is 11.0. The SMILES string of the molecule is c1ccc(C2=NC(n3c4ccccc4c4c5c6ccccc6n(-c6ccccc6)c5ccc43)=NC(c3ccccc3)[N-]2)cc1. The minimum absolute atomic E-state index is 0.404. The molecule has 0 radical (unpaired) electrons. The molecule has 0 N–H and O–H groups in total. The number of amidine groups is 1. The minimum Gasteiger partial charge on any atom is -0.438 e. The van der Waals surface area contributed by atoms with Crippen LogP contribution in [-0.4, -0.2) is 20.9 Å². The molecule has 0 saturated heterocycles. The van der Waals surface area contributed by atoms with Crippen LogP contribution < -0.4 is 0 Å². The van der Waals surface area contributed by atoms with Crippen molar-refractivity contribution in [3.05, 3.63) is 168 Å². The quantitative estimate of drug-likeness (QED) is 0.205. The van der Waals surface area contributed by atoms with Crippen LogP contribution in [-0.2, 0) is 0 Å². The molecule has 1 unspecified atom stereocenters. The zero-order chi connectivity index (χ0) is 29.0. The van der Waals surface area contributed by atoms with E-state index in [-0.39, 0.29) is 0 Å². The summed E-state index contributed by atoms with van der Waals surface area (Å²) in [5.74, 6) is 1.31. The smallest absolute Gasteiger partial charge is 0.123 e. The Morgan fingerprint density at radius 2 is 1.00 bits per heavy atom. The number of para-hydroxylation sites is 3. The zero-order valence-corrected chi connectivity index (χ0v) is 23.7. The van der Waals surface area contributed by atoms with E-state index in [2.05, 4.69) is 124 Å². The largest absolute Gasteiger partial charge is 0.438 e. The molecule has 5 heteroatoms. The van der Waals surface area contributed by atoms with Gasteiger partial charge in [-0.05, 0) is 47.5 Å². The summed E-state index contributed by atoms with van der Waals surface area (Å²) in [6.45, 7) is 0. The maximum absolute atomic E-state index is 5.19. The van der Waals surface area contributed by atoms with Gasteiger partial charge in [-0.1, -0.05) is 121 Å². The Morgan fingerprint density at radius 3 is 1.66 bits per heavy atom. The van der Waals surface area contributed by atoms with Crippen molar-refractivity contribution < 1.29 is 0 Å². The van der Waals surface area contributed by atoms with Gasteiger partial charge in [-0.25, -0.2) is 0 Å². The normalized spacial score (nSPS) is 15.0. The third kappa shape index (κ3) is 3.73. The molecule has 1 aliphatic rings. The van der Waals surface area contributed by atoms with Gasteiger partial charge in [0.1, 0.15) is 5.96 Å². The summed E-state index contributed by atoms with van der Waals surface area (Å²) < 4.78 is 4.58. The number of benzene rings is 6. The number of aromatic nitrogens is 2. The number of aliphatic imine (C=N–C) groups is 2. The van der Waals surface area contributed by atoms with Crippen LogP contribution in [0.25, 0.3) is 54.6 Å². The van der Waals surface area contributed by atoms with Crippen molar-refractivity contribution in [2.45, 2.75) is 6.17 Å². The van der Waals surface area contributed by atoms with Gasteiger partial charge in [0, 0.05) is 27.2 Å². The van der Waals surface area contributed by atoms with Crippen LogP contribution >= 0.6 is 0 Å². The average Bonchev–Trinajstić information content (AvgIpc) is 3.62. The van der Waals surface area contributed by atoms with Crippen molar-refractivity contribution in [3.8, 4) is 5.69 Å². The Labute approximate surface area is 254 Å². The summed E-state index contributed by atoms with van der Waals surface area (Å²) in [7, 11) is 0. The fraction of sp³-hybridized carbons (Fsp3) is 0.0256. The van der Waals surface area contributed by atoms with Crippen LogP contribution in [0.3, 0.4) is 0 Å². The summed E-state index contributed by atoms with van der Waals surface area (Å²) in [6, 6.07) is 52.8. The molecule has 0 aliphatic carbocycles. The number of rotatable bonds is 3. The van der Waals surface area contributed by atoms with Crippen molar-refractivity contribution in [2.24, 2.45) is 9.98 Å². The highest BCUT2D eigenvalue weighted by atomic mass is 15.3. The van der Waals surface area contributed by atoms with Crippen LogP contribution in [0.4, 0.5) is 0 Å². The van der Waals surface area contributed by atoms with Gasteiger partial charge in [0.15, 0.2) is 0 Å². The molecule has 0 fully saturated rings. The highest BCUT2D eigenvalue weighted by Gasteiger charge is 2.22. The van der Waals surface area contributed by atoms with Crippen LogP contribution in [0.5, 0.6) is 0 Å². The standard InChI is InChI=1S/C39H26N5/c1-4-14-26(15-5-1)37-40-38(27-16-6-2-7-17-27)42-39(41-37)44-32-23-13-11-21-30(32)36-34(44)25-24-33-35(36)29-20-10-12-22-31(29)43(33)28-18-8-3-9-19-28/h1-25,37H/q-1. The molecule has 44 heavy (non-hydrogen) atoms. The Hall–Kier alpha value is -5.94. The first kappa shape index (κ1) is 24.6. The molecule has 5 nitrogen and oxygen atoms in total. The Bertz CT molecular complexity index is 2400. The first-order chi connectivity index (χ1) is 21.8. The van der Waals surface area contributed by atoms with Crippen LogP contribution in [0, 0.1) is 0 Å². The van der Waals surface area contributed by atoms with E-state index in [4.69, 9.17) is 15.3 Å². The number of hydrogen-bond donors (Lipinski definition) is 0. The van der Waals surface area contributed by atoms with Crippen LogP contribution in [0.15, 0.2) is 162 Å². The summed E-state index contributed by atoms with van der Waals surface area (Å²) in [4.78, 5) is 10.3. The van der Waals surface area contributed by atoms with E-state index < -0.39 is 6.17 Å². The number of nitrogens with zero attached hydrogens (tertiary/aromatic N) is 5. The summed E-state index contributed by atoms with van der Waals surface area (Å²) in [5.41, 5.74) is 7.62. The Kier molecular flexibility index (Phi) is 5.50. The third-order valence-corrected chi connectivity index (χ3v) is 8.50. The lowest BCUT2D eigenvalue weighted by atomic mass is 10.1. The van der Waals surface area contributed by atoms with Gasteiger partial charge >= 0.3 is 0 Å². The molecule has 1 aliphatic heterocycles. The van der Waals surface area contributed by atoms with E-state index in [0.29, 0.717) is 11.8 Å². The summed E-state index contributed by atoms with van der Waals surface area (Å²) in [5, 5.41) is 9.83. The Morgan fingerprint density at radius 1 is 0.477 bits per heavy atom. The second-order valence-corrected chi connectivity index (χ2v) is 11.0. The number of fused-ring (bicyclic) bond motifs is 7. The van der Waals surface area contributed by atoms with E-state index in [0.717, 1.165) is 27.8 Å². The molecular weight excluding hydrogens is 538 g/mol. The lowest BCUT2D eigenvalue weighted by molar-refractivity contribution is 0.864. The molecule has 0 spiro atoms. The predicted molar refractivity (Wildman–Crippen MR) is 182 cm³/mol. The highest BCUT2D eigenvalue weighted by Crippen LogP contribution is 2.42. The van der Waals surface area contributed by atoms with E-state index in [1.807, 2.05) is 36.4 Å². The molecule has 0 amide bonds. The topological polar surface area (TPSA) is 48.7 Å². The maximum Gasteiger partial charge on any atom is 0.123 e. The van der Waals surface area contributed by atoms with Crippen molar-refractivity contribution in [1.29, 1.82) is 0 Å². The van der Waals surface area contributed by atoms with Gasteiger partial charge in [-0.3, -0.25) is 9.56 Å². The zero-order valence-electron chi connectivity index (χ0n) is 23.7. The average molecular weight is 565 g/mol. The van der Waals surface area contributed by atoms with E-state index in [1.165, 1.54) is 32.6 Å². The van der Waals surface area contributed by atoms with E-state index >= 15 is 0 Å². The third-order valence-electron chi connectivity index (χ3n) is 8.50. The monoisotopic (exact) mass is 564 g/mol. The lowest BCUT2D eigenvalue weighted by Crippen LogP contribution is -2.20. The van der Waals surface area contributed by atoms with E-state index in [9.17, 15) is 0 Å². The fourth-order valence-corrected chi connectivity index (χ4v) is 6.60. The maximum atomic E-state index is 5.19. The molecule has 6 aromatic carbocycles. The van der Waals surface area contributed by atoms with Gasteiger partial charge in [-0.2, -0.15) is 0 Å². The Balaban J connectivity index is 1.38. The van der Waals surface area contributed by atoms with Gasteiger partial charge in [0.05, 0.1) is 28.2 Å².